The molecule has 1 heterocycles. The van der Waals surface area contributed by atoms with Gasteiger partial charge in [0.15, 0.2) is 0 Å². The third kappa shape index (κ3) is 4.98. The van der Waals surface area contributed by atoms with E-state index >= 15 is 0 Å². The predicted molar refractivity (Wildman–Crippen MR) is 126 cm³/mol. The van der Waals surface area contributed by atoms with Gasteiger partial charge in [-0.3, -0.25) is 9.59 Å². The molecule has 31 heavy (non-hydrogen) atoms. The first kappa shape index (κ1) is 20.3. The molecule has 0 aliphatic rings. The van der Waals surface area contributed by atoms with Gasteiger partial charge in [0.05, 0.1) is 16.7 Å². The van der Waals surface area contributed by atoms with Crippen LogP contribution in [0.4, 0.5) is 17.1 Å². The fraction of sp³-hybridized carbons (Fsp3) is 0.160. The Bertz CT molecular complexity index is 1180. The number of rotatable bonds is 7. The normalized spacial score (nSPS) is 10.7. The topological polar surface area (TPSA) is 83.1 Å². The lowest BCUT2D eigenvalue weighted by Crippen LogP contribution is -2.22. The minimum absolute atomic E-state index is 0.0721. The number of amides is 2. The average molecular weight is 412 g/mol. The molecule has 4 rings (SSSR count). The van der Waals surface area contributed by atoms with Gasteiger partial charge in [0.25, 0.3) is 0 Å². The highest BCUT2D eigenvalue weighted by Gasteiger charge is 2.09. The molecule has 0 aliphatic heterocycles. The molecule has 0 aliphatic carbocycles. The van der Waals surface area contributed by atoms with E-state index in [0.717, 1.165) is 38.9 Å². The van der Waals surface area contributed by atoms with Gasteiger partial charge in [0, 0.05) is 42.0 Å². The Hall–Kier alpha value is -3.93. The molecular weight excluding hydrogens is 388 g/mol. The maximum atomic E-state index is 12.1. The number of nitrogens with zero attached hydrogens (tertiary/aromatic N) is 1. The van der Waals surface area contributed by atoms with E-state index in [1.165, 1.54) is 6.92 Å². The summed E-state index contributed by atoms with van der Waals surface area (Å²) in [4.78, 5) is 27.7. The Morgan fingerprint density at radius 3 is 2.00 bits per heavy atom. The van der Waals surface area contributed by atoms with Gasteiger partial charge in [-0.2, -0.15) is 0 Å². The number of fused-ring (bicyclic) bond motifs is 2. The number of benzene rings is 3. The van der Waals surface area contributed by atoms with Crippen LogP contribution in [-0.4, -0.2) is 23.3 Å². The van der Waals surface area contributed by atoms with Crippen molar-refractivity contribution in [3.63, 3.8) is 0 Å². The molecular formula is C25H24N4O2. The number of carbonyl (C=O) groups is 2. The highest BCUT2D eigenvalue weighted by Crippen LogP contribution is 2.33. The average Bonchev–Trinajstić information content (AvgIpc) is 2.78. The van der Waals surface area contributed by atoms with Crippen molar-refractivity contribution in [2.24, 2.45) is 0 Å². The van der Waals surface area contributed by atoms with Crippen LogP contribution in [-0.2, 0) is 9.59 Å². The first-order chi connectivity index (χ1) is 15.1. The lowest BCUT2D eigenvalue weighted by Gasteiger charge is -2.14. The predicted octanol–water partition coefficient (Wildman–Crippen LogP) is 4.99. The Kier molecular flexibility index (Phi) is 6.08. The number of anilines is 3. The van der Waals surface area contributed by atoms with Crippen molar-refractivity contribution in [1.82, 2.24) is 10.3 Å². The number of para-hydroxylation sites is 2. The fourth-order valence-electron chi connectivity index (χ4n) is 3.49. The molecule has 3 N–H and O–H groups in total. The monoisotopic (exact) mass is 412 g/mol. The van der Waals surface area contributed by atoms with E-state index < -0.39 is 0 Å². The Balaban J connectivity index is 1.48. The van der Waals surface area contributed by atoms with Gasteiger partial charge in [-0.1, -0.05) is 36.4 Å². The second kappa shape index (κ2) is 9.26. The van der Waals surface area contributed by atoms with Crippen molar-refractivity contribution in [2.45, 2.75) is 19.8 Å². The van der Waals surface area contributed by atoms with Gasteiger partial charge in [-0.05, 0) is 42.8 Å². The molecule has 3 aromatic carbocycles. The highest BCUT2D eigenvalue weighted by molar-refractivity contribution is 6.08. The van der Waals surface area contributed by atoms with E-state index in [1.807, 2.05) is 60.7 Å². The van der Waals surface area contributed by atoms with Crippen LogP contribution in [0.3, 0.4) is 0 Å². The molecule has 0 radical (unpaired) electrons. The maximum Gasteiger partial charge on any atom is 0.224 e. The third-order valence-corrected chi connectivity index (χ3v) is 4.98. The second-order valence-electron chi connectivity index (χ2n) is 7.36. The second-order valence-corrected chi connectivity index (χ2v) is 7.36. The van der Waals surface area contributed by atoms with Crippen LogP contribution < -0.4 is 16.0 Å². The zero-order chi connectivity index (χ0) is 21.6. The number of aromatic nitrogens is 1. The zero-order valence-electron chi connectivity index (χ0n) is 17.3. The van der Waals surface area contributed by atoms with E-state index in [1.54, 1.807) is 0 Å². The van der Waals surface area contributed by atoms with Crippen molar-refractivity contribution >= 4 is 50.7 Å². The van der Waals surface area contributed by atoms with E-state index in [4.69, 9.17) is 4.98 Å². The summed E-state index contributed by atoms with van der Waals surface area (Å²) in [7, 11) is 0. The summed E-state index contributed by atoms with van der Waals surface area (Å²) in [5.41, 5.74) is 4.54. The first-order valence-electron chi connectivity index (χ1n) is 10.3. The molecule has 0 saturated carbocycles. The number of pyridine rings is 1. The summed E-state index contributed by atoms with van der Waals surface area (Å²) < 4.78 is 0. The molecule has 0 atom stereocenters. The van der Waals surface area contributed by atoms with Crippen LogP contribution in [0.2, 0.25) is 0 Å². The van der Waals surface area contributed by atoms with Gasteiger partial charge < -0.3 is 16.0 Å². The molecule has 0 saturated heterocycles. The molecule has 156 valence electrons. The van der Waals surface area contributed by atoms with Crippen LogP contribution in [0.5, 0.6) is 0 Å². The molecule has 0 spiro atoms. The minimum Gasteiger partial charge on any atom is -0.356 e. The lowest BCUT2D eigenvalue weighted by atomic mass is 10.1. The van der Waals surface area contributed by atoms with Gasteiger partial charge in [0.2, 0.25) is 11.8 Å². The molecule has 0 bridgehead atoms. The fourth-order valence-corrected chi connectivity index (χ4v) is 3.49. The molecule has 0 fully saturated rings. The first-order valence-corrected chi connectivity index (χ1v) is 10.3. The molecule has 1 aromatic heterocycles. The van der Waals surface area contributed by atoms with Crippen LogP contribution >= 0.6 is 0 Å². The summed E-state index contributed by atoms with van der Waals surface area (Å²) in [6, 6.07) is 23.8. The summed E-state index contributed by atoms with van der Waals surface area (Å²) in [5, 5.41) is 11.2. The van der Waals surface area contributed by atoms with Crippen LogP contribution in [0.1, 0.15) is 19.8 Å². The van der Waals surface area contributed by atoms with Crippen molar-refractivity contribution in [2.75, 3.05) is 17.2 Å². The molecule has 0 unspecified atom stereocenters. The SMILES string of the molecule is CC(=O)NCCCC(=O)Nc1ccc(Nc2c3ccccc3nc3ccccc23)cc1. The van der Waals surface area contributed by atoms with Gasteiger partial charge in [0.1, 0.15) is 0 Å². The molecule has 4 aromatic rings. The zero-order valence-corrected chi connectivity index (χ0v) is 17.3. The van der Waals surface area contributed by atoms with E-state index in [9.17, 15) is 9.59 Å². The minimum atomic E-state index is -0.0850. The molecule has 6 nitrogen and oxygen atoms in total. The van der Waals surface area contributed by atoms with Gasteiger partial charge >= 0.3 is 0 Å². The van der Waals surface area contributed by atoms with E-state index in [-0.39, 0.29) is 11.8 Å². The Morgan fingerprint density at radius 1 is 0.806 bits per heavy atom. The van der Waals surface area contributed by atoms with Crippen LogP contribution in [0.25, 0.3) is 21.8 Å². The van der Waals surface area contributed by atoms with Crippen molar-refractivity contribution in [3.05, 3.63) is 72.8 Å². The standard InChI is InChI=1S/C25H24N4O2/c1-17(30)26-16-6-11-24(31)27-18-12-14-19(15-13-18)28-25-20-7-2-4-9-22(20)29-23-10-5-3-8-21(23)25/h2-5,7-10,12-15H,6,11,16H2,1H3,(H,26,30)(H,27,31)(H,28,29). The lowest BCUT2D eigenvalue weighted by molar-refractivity contribution is -0.119. The smallest absolute Gasteiger partial charge is 0.224 e. The van der Waals surface area contributed by atoms with E-state index in [0.29, 0.717) is 19.4 Å². The summed E-state index contributed by atoms with van der Waals surface area (Å²) in [6.45, 7) is 1.96. The largest absolute Gasteiger partial charge is 0.356 e. The number of hydrogen-bond donors (Lipinski definition) is 3. The molecule has 6 heteroatoms. The summed E-state index contributed by atoms with van der Waals surface area (Å²) in [6.07, 6.45) is 0.961. The van der Waals surface area contributed by atoms with Crippen molar-refractivity contribution in [3.8, 4) is 0 Å². The van der Waals surface area contributed by atoms with Crippen LogP contribution in [0.15, 0.2) is 72.8 Å². The molecule has 2 amide bonds. The Labute approximate surface area is 180 Å². The Morgan fingerprint density at radius 2 is 1.39 bits per heavy atom. The van der Waals surface area contributed by atoms with Gasteiger partial charge in [-0.25, -0.2) is 4.98 Å². The number of hydrogen-bond acceptors (Lipinski definition) is 4. The maximum absolute atomic E-state index is 12.1. The van der Waals surface area contributed by atoms with Crippen LogP contribution in [0, 0.1) is 0 Å². The third-order valence-electron chi connectivity index (χ3n) is 4.98. The van der Waals surface area contributed by atoms with Crippen molar-refractivity contribution in [1.29, 1.82) is 0 Å². The number of carbonyl (C=O) groups excluding carboxylic acids is 2. The van der Waals surface area contributed by atoms with Crippen molar-refractivity contribution < 1.29 is 9.59 Å². The quantitative estimate of drug-likeness (QED) is 0.295. The highest BCUT2D eigenvalue weighted by atomic mass is 16.2. The van der Waals surface area contributed by atoms with E-state index in [2.05, 4.69) is 28.1 Å². The summed E-state index contributed by atoms with van der Waals surface area (Å²) >= 11 is 0. The van der Waals surface area contributed by atoms with Gasteiger partial charge in [-0.15, -0.1) is 0 Å². The summed E-state index contributed by atoms with van der Waals surface area (Å²) in [5.74, 6) is -0.157. The number of nitrogens with one attached hydrogen (secondary N) is 3.